The monoisotopic (exact) mass is 260 g/mol. The van der Waals surface area contributed by atoms with Crippen LogP contribution in [-0.2, 0) is 0 Å². The highest BCUT2D eigenvalue weighted by atomic mass is 79.9. The molecule has 1 aromatic carbocycles. The minimum Gasteiger partial charge on any atom is -0.299 e. The molecule has 3 aromatic rings. The van der Waals surface area contributed by atoms with Crippen molar-refractivity contribution >= 4 is 32.5 Å². The molecule has 0 amide bonds. The summed E-state index contributed by atoms with van der Waals surface area (Å²) in [5, 5.41) is 1.22. The van der Waals surface area contributed by atoms with E-state index in [-0.39, 0.29) is 0 Å². The Kier molecular flexibility index (Phi) is 1.83. The van der Waals surface area contributed by atoms with Crippen LogP contribution in [0.3, 0.4) is 0 Å². The number of halogens is 1. The van der Waals surface area contributed by atoms with Crippen LogP contribution in [-0.4, -0.2) is 9.38 Å². The van der Waals surface area contributed by atoms with Gasteiger partial charge in [-0.1, -0.05) is 15.9 Å². The maximum absolute atomic E-state index is 4.44. The Morgan fingerprint density at radius 2 is 2.07 bits per heavy atom. The van der Waals surface area contributed by atoms with Crippen LogP contribution in [0.1, 0.15) is 5.69 Å². The topological polar surface area (TPSA) is 17.3 Å². The first-order valence-corrected chi connectivity index (χ1v) is 5.57. The Morgan fingerprint density at radius 1 is 1.20 bits per heavy atom. The second-order valence-electron chi connectivity index (χ2n) is 3.65. The van der Waals surface area contributed by atoms with Gasteiger partial charge in [-0.25, -0.2) is 4.98 Å². The van der Waals surface area contributed by atoms with E-state index in [2.05, 4.69) is 55.8 Å². The van der Waals surface area contributed by atoms with Gasteiger partial charge in [-0.15, -0.1) is 0 Å². The van der Waals surface area contributed by atoms with Gasteiger partial charge in [-0.2, -0.15) is 0 Å². The molecule has 0 fully saturated rings. The smallest absolute Gasteiger partial charge is 0.137 e. The van der Waals surface area contributed by atoms with Crippen LogP contribution in [0.25, 0.3) is 16.6 Å². The minimum absolute atomic E-state index is 1.00. The van der Waals surface area contributed by atoms with Gasteiger partial charge < -0.3 is 0 Å². The fourth-order valence-corrected chi connectivity index (χ4v) is 2.25. The van der Waals surface area contributed by atoms with E-state index in [9.17, 15) is 0 Å². The SMILES string of the molecule is Cc1cn2c(ccc3cc(Br)ccc32)n1. The molecule has 0 N–H and O–H groups in total. The van der Waals surface area contributed by atoms with Gasteiger partial charge in [0.2, 0.25) is 0 Å². The van der Waals surface area contributed by atoms with Gasteiger partial charge >= 0.3 is 0 Å². The number of hydrogen-bond donors (Lipinski definition) is 0. The maximum atomic E-state index is 4.44. The summed E-state index contributed by atoms with van der Waals surface area (Å²) in [6.07, 6.45) is 2.06. The normalized spacial score (nSPS) is 11.3. The zero-order valence-corrected chi connectivity index (χ0v) is 9.82. The van der Waals surface area contributed by atoms with Gasteiger partial charge in [0, 0.05) is 10.7 Å². The number of nitrogens with zero attached hydrogens (tertiary/aromatic N) is 2. The van der Waals surface area contributed by atoms with Gasteiger partial charge in [0.05, 0.1) is 11.2 Å². The van der Waals surface area contributed by atoms with Crippen molar-refractivity contribution in [1.82, 2.24) is 9.38 Å². The zero-order chi connectivity index (χ0) is 10.4. The lowest BCUT2D eigenvalue weighted by molar-refractivity contribution is 1.25. The van der Waals surface area contributed by atoms with Crippen molar-refractivity contribution in [2.75, 3.05) is 0 Å². The second-order valence-corrected chi connectivity index (χ2v) is 4.56. The number of imidazole rings is 1. The molecule has 3 rings (SSSR count). The molecule has 2 nitrogen and oxygen atoms in total. The van der Waals surface area contributed by atoms with Crippen LogP contribution in [0, 0.1) is 6.92 Å². The van der Waals surface area contributed by atoms with Gasteiger partial charge in [0.25, 0.3) is 0 Å². The molecule has 2 aromatic heterocycles. The van der Waals surface area contributed by atoms with Crippen LogP contribution < -0.4 is 0 Å². The fourth-order valence-electron chi connectivity index (χ4n) is 1.87. The molecule has 0 aliphatic carbocycles. The number of pyridine rings is 1. The van der Waals surface area contributed by atoms with Crippen molar-refractivity contribution in [3.63, 3.8) is 0 Å². The van der Waals surface area contributed by atoms with E-state index < -0.39 is 0 Å². The van der Waals surface area contributed by atoms with Crippen molar-refractivity contribution in [1.29, 1.82) is 0 Å². The maximum Gasteiger partial charge on any atom is 0.137 e. The highest BCUT2D eigenvalue weighted by Gasteiger charge is 2.02. The first kappa shape index (κ1) is 8.92. The highest BCUT2D eigenvalue weighted by Crippen LogP contribution is 2.21. The molecule has 0 unspecified atom stereocenters. The quantitative estimate of drug-likeness (QED) is 0.604. The summed E-state index contributed by atoms with van der Waals surface area (Å²) >= 11 is 3.48. The van der Waals surface area contributed by atoms with Crippen molar-refractivity contribution in [2.24, 2.45) is 0 Å². The van der Waals surface area contributed by atoms with Crippen molar-refractivity contribution in [3.05, 3.63) is 46.7 Å². The van der Waals surface area contributed by atoms with E-state index in [0.29, 0.717) is 0 Å². The summed E-state index contributed by atoms with van der Waals surface area (Å²) in [6.45, 7) is 2.01. The molecule has 0 atom stereocenters. The Hall–Kier alpha value is -1.35. The van der Waals surface area contributed by atoms with E-state index >= 15 is 0 Å². The lowest BCUT2D eigenvalue weighted by Gasteiger charge is -2.01. The summed E-state index contributed by atoms with van der Waals surface area (Å²) in [5.41, 5.74) is 3.24. The van der Waals surface area contributed by atoms with E-state index in [1.54, 1.807) is 0 Å². The van der Waals surface area contributed by atoms with Crippen molar-refractivity contribution in [3.8, 4) is 0 Å². The number of benzene rings is 1. The average molecular weight is 261 g/mol. The van der Waals surface area contributed by atoms with Gasteiger partial charge in [-0.05, 0) is 42.6 Å². The predicted molar refractivity (Wildman–Crippen MR) is 65.1 cm³/mol. The minimum atomic E-state index is 1.00. The van der Waals surface area contributed by atoms with Gasteiger partial charge in [0.1, 0.15) is 5.65 Å². The molecule has 0 aliphatic rings. The molecular weight excluding hydrogens is 252 g/mol. The predicted octanol–water partition coefficient (Wildman–Crippen LogP) is 3.56. The number of hydrogen-bond acceptors (Lipinski definition) is 1. The molecule has 0 spiro atoms. The lowest BCUT2D eigenvalue weighted by Crippen LogP contribution is -1.85. The van der Waals surface area contributed by atoms with Gasteiger partial charge in [0.15, 0.2) is 0 Å². The molecule has 0 aliphatic heterocycles. The Labute approximate surface area is 95.7 Å². The van der Waals surface area contributed by atoms with E-state index in [1.807, 2.05) is 13.0 Å². The summed E-state index contributed by atoms with van der Waals surface area (Å²) < 4.78 is 3.23. The fraction of sp³-hybridized carbons (Fsp3) is 0.0833. The van der Waals surface area contributed by atoms with Crippen LogP contribution in [0.5, 0.6) is 0 Å². The first-order chi connectivity index (χ1) is 7.24. The summed E-state index contributed by atoms with van der Waals surface area (Å²) in [6, 6.07) is 10.4. The van der Waals surface area contributed by atoms with Crippen LogP contribution in [0.4, 0.5) is 0 Å². The average Bonchev–Trinajstić information content (AvgIpc) is 2.58. The molecular formula is C12H9BrN2. The van der Waals surface area contributed by atoms with Crippen LogP contribution in [0.15, 0.2) is 41.0 Å². The van der Waals surface area contributed by atoms with Crippen LogP contribution in [0.2, 0.25) is 0 Å². The summed E-state index contributed by atoms with van der Waals surface area (Å²) in [5.74, 6) is 0. The lowest BCUT2D eigenvalue weighted by atomic mass is 10.2. The second kappa shape index (κ2) is 3.07. The summed E-state index contributed by atoms with van der Waals surface area (Å²) in [4.78, 5) is 4.44. The zero-order valence-electron chi connectivity index (χ0n) is 8.24. The first-order valence-electron chi connectivity index (χ1n) is 4.78. The number of fused-ring (bicyclic) bond motifs is 3. The molecule has 0 saturated carbocycles. The molecule has 0 saturated heterocycles. The Balaban J connectivity index is 2.53. The third-order valence-electron chi connectivity index (χ3n) is 2.51. The molecule has 74 valence electrons. The summed E-state index contributed by atoms with van der Waals surface area (Å²) in [7, 11) is 0. The molecule has 15 heavy (non-hydrogen) atoms. The largest absolute Gasteiger partial charge is 0.299 e. The number of rotatable bonds is 0. The van der Waals surface area contributed by atoms with E-state index in [4.69, 9.17) is 0 Å². The number of aromatic nitrogens is 2. The van der Waals surface area contributed by atoms with Gasteiger partial charge in [-0.3, -0.25) is 4.40 Å². The molecule has 3 heteroatoms. The van der Waals surface area contributed by atoms with E-state index in [1.165, 1.54) is 10.9 Å². The molecule has 2 heterocycles. The third-order valence-corrected chi connectivity index (χ3v) is 3.01. The Bertz CT molecular complexity index is 655. The highest BCUT2D eigenvalue weighted by molar-refractivity contribution is 9.10. The molecule has 0 radical (unpaired) electrons. The molecule has 0 bridgehead atoms. The third kappa shape index (κ3) is 1.35. The Morgan fingerprint density at radius 3 is 2.93 bits per heavy atom. The van der Waals surface area contributed by atoms with Crippen molar-refractivity contribution < 1.29 is 0 Å². The standard InChI is InChI=1S/C12H9BrN2/c1-8-7-15-11-4-3-10(13)6-9(11)2-5-12(15)14-8/h2-7H,1H3. The van der Waals surface area contributed by atoms with Crippen LogP contribution >= 0.6 is 15.9 Å². The van der Waals surface area contributed by atoms with Crippen molar-refractivity contribution in [2.45, 2.75) is 6.92 Å². The van der Waals surface area contributed by atoms with E-state index in [0.717, 1.165) is 15.8 Å². The number of aryl methyl sites for hydroxylation is 1.